The van der Waals surface area contributed by atoms with E-state index in [0.717, 1.165) is 5.69 Å². The van der Waals surface area contributed by atoms with E-state index in [2.05, 4.69) is 36.1 Å². The molecule has 0 aliphatic heterocycles. The van der Waals surface area contributed by atoms with Gasteiger partial charge >= 0.3 is 0 Å². The Hall–Kier alpha value is -2.01. The summed E-state index contributed by atoms with van der Waals surface area (Å²) in [6.45, 7) is 8.61. The zero-order valence-electron chi connectivity index (χ0n) is 12.8. The third-order valence-electron chi connectivity index (χ3n) is 2.83. The molecule has 2 aromatic rings. The minimum Gasteiger partial charge on any atom is -0.437 e. The van der Waals surface area contributed by atoms with Crippen molar-refractivity contribution in [3.63, 3.8) is 0 Å². The Morgan fingerprint density at radius 2 is 1.95 bits per heavy atom. The lowest BCUT2D eigenvalue weighted by Crippen LogP contribution is -2.35. The first-order chi connectivity index (χ1) is 9.83. The van der Waals surface area contributed by atoms with Gasteiger partial charge < -0.3 is 10.1 Å². The lowest BCUT2D eigenvalue weighted by Gasteiger charge is -2.19. The zero-order chi connectivity index (χ0) is 15.5. The number of rotatable bonds is 4. The van der Waals surface area contributed by atoms with Gasteiger partial charge in [-0.2, -0.15) is 0 Å². The van der Waals surface area contributed by atoms with E-state index in [4.69, 9.17) is 4.74 Å². The Morgan fingerprint density at radius 1 is 1.19 bits per heavy atom. The van der Waals surface area contributed by atoms with Gasteiger partial charge in [0.05, 0.1) is 18.1 Å². The first-order valence-corrected chi connectivity index (χ1v) is 6.83. The molecular formula is C16H20FN3O. The Kier molecular flexibility index (Phi) is 4.53. The molecule has 0 fully saturated rings. The molecule has 0 spiro atoms. The van der Waals surface area contributed by atoms with Crippen molar-refractivity contribution in [2.45, 2.75) is 39.8 Å². The van der Waals surface area contributed by atoms with E-state index in [1.165, 1.54) is 6.07 Å². The molecule has 0 aliphatic carbocycles. The van der Waals surface area contributed by atoms with Crippen LogP contribution in [0.5, 0.6) is 11.6 Å². The monoisotopic (exact) mass is 289 g/mol. The van der Waals surface area contributed by atoms with Gasteiger partial charge in [-0.25, -0.2) is 9.37 Å². The van der Waals surface area contributed by atoms with Crippen molar-refractivity contribution in [3.8, 4) is 11.6 Å². The molecule has 2 rings (SSSR count). The quantitative estimate of drug-likeness (QED) is 0.934. The zero-order valence-corrected chi connectivity index (χ0v) is 12.8. The second-order valence-electron chi connectivity index (χ2n) is 5.96. The van der Waals surface area contributed by atoms with E-state index in [1.54, 1.807) is 31.5 Å². The van der Waals surface area contributed by atoms with Crippen LogP contribution in [0, 0.1) is 12.7 Å². The van der Waals surface area contributed by atoms with Crippen LogP contribution >= 0.6 is 0 Å². The SMILES string of the molecule is Cc1cc(Oc2cnc(CNC(C)(C)C)cn2)ccc1F. The largest absolute Gasteiger partial charge is 0.437 e. The maximum absolute atomic E-state index is 13.2. The van der Waals surface area contributed by atoms with Gasteiger partial charge in [-0.05, 0) is 51.5 Å². The number of hydrogen-bond acceptors (Lipinski definition) is 4. The van der Waals surface area contributed by atoms with Crippen molar-refractivity contribution in [2.75, 3.05) is 0 Å². The van der Waals surface area contributed by atoms with Crippen LogP contribution in [0.2, 0.25) is 0 Å². The second-order valence-corrected chi connectivity index (χ2v) is 5.96. The fourth-order valence-electron chi connectivity index (χ4n) is 1.64. The summed E-state index contributed by atoms with van der Waals surface area (Å²) in [5, 5.41) is 3.34. The van der Waals surface area contributed by atoms with Gasteiger partial charge in [-0.3, -0.25) is 4.98 Å². The molecule has 4 nitrogen and oxygen atoms in total. The fraction of sp³-hybridized carbons (Fsp3) is 0.375. The summed E-state index contributed by atoms with van der Waals surface area (Å²) in [7, 11) is 0. The molecule has 1 N–H and O–H groups in total. The molecule has 21 heavy (non-hydrogen) atoms. The number of hydrogen-bond donors (Lipinski definition) is 1. The van der Waals surface area contributed by atoms with Crippen LogP contribution < -0.4 is 10.1 Å². The second kappa shape index (κ2) is 6.18. The lowest BCUT2D eigenvalue weighted by molar-refractivity contribution is 0.418. The molecule has 0 atom stereocenters. The summed E-state index contributed by atoms with van der Waals surface area (Å²) >= 11 is 0. The highest BCUT2D eigenvalue weighted by Crippen LogP contribution is 2.21. The fourth-order valence-corrected chi connectivity index (χ4v) is 1.64. The predicted molar refractivity (Wildman–Crippen MR) is 79.8 cm³/mol. The summed E-state index contributed by atoms with van der Waals surface area (Å²) in [5.41, 5.74) is 1.40. The standard InChI is InChI=1S/C16H20FN3O/c1-11-7-13(5-6-14(11)17)21-15-10-18-12(8-19-15)9-20-16(2,3)4/h5-8,10,20H,9H2,1-4H3. The van der Waals surface area contributed by atoms with Crippen LogP contribution in [0.3, 0.4) is 0 Å². The predicted octanol–water partition coefficient (Wildman–Crippen LogP) is 3.60. The van der Waals surface area contributed by atoms with Crippen molar-refractivity contribution in [3.05, 3.63) is 47.7 Å². The third kappa shape index (κ3) is 4.79. The molecule has 0 aliphatic rings. The van der Waals surface area contributed by atoms with Crippen molar-refractivity contribution >= 4 is 0 Å². The molecule has 0 saturated carbocycles. The van der Waals surface area contributed by atoms with Gasteiger partial charge in [0.15, 0.2) is 0 Å². The van der Waals surface area contributed by atoms with Crippen LogP contribution in [0.25, 0.3) is 0 Å². The van der Waals surface area contributed by atoms with Crippen LogP contribution in [-0.2, 0) is 6.54 Å². The van der Waals surface area contributed by atoms with Crippen molar-refractivity contribution < 1.29 is 9.13 Å². The molecule has 0 bridgehead atoms. The lowest BCUT2D eigenvalue weighted by atomic mass is 10.1. The first kappa shape index (κ1) is 15.4. The molecule has 1 aromatic carbocycles. The molecule has 5 heteroatoms. The molecule has 1 heterocycles. The first-order valence-electron chi connectivity index (χ1n) is 6.83. The highest BCUT2D eigenvalue weighted by molar-refractivity contribution is 5.31. The van der Waals surface area contributed by atoms with Crippen molar-refractivity contribution in [2.24, 2.45) is 0 Å². The Morgan fingerprint density at radius 3 is 2.52 bits per heavy atom. The van der Waals surface area contributed by atoms with E-state index < -0.39 is 0 Å². The normalized spacial score (nSPS) is 11.5. The van der Waals surface area contributed by atoms with Gasteiger partial charge in [-0.15, -0.1) is 0 Å². The van der Waals surface area contributed by atoms with Crippen molar-refractivity contribution in [1.29, 1.82) is 0 Å². The van der Waals surface area contributed by atoms with Gasteiger partial charge in [0, 0.05) is 12.1 Å². The van der Waals surface area contributed by atoms with Gasteiger partial charge in [-0.1, -0.05) is 0 Å². The average molecular weight is 289 g/mol. The maximum Gasteiger partial charge on any atom is 0.237 e. The Bertz CT molecular complexity index is 606. The van der Waals surface area contributed by atoms with E-state index in [1.807, 2.05) is 0 Å². The van der Waals surface area contributed by atoms with Gasteiger partial charge in [0.1, 0.15) is 11.6 Å². The van der Waals surface area contributed by atoms with Crippen LogP contribution in [-0.4, -0.2) is 15.5 Å². The molecule has 0 radical (unpaired) electrons. The Balaban J connectivity index is 2.00. The summed E-state index contributed by atoms with van der Waals surface area (Å²) in [6, 6.07) is 4.57. The average Bonchev–Trinajstić information content (AvgIpc) is 2.41. The topological polar surface area (TPSA) is 47.0 Å². The molecule has 0 amide bonds. The maximum atomic E-state index is 13.2. The number of nitrogens with one attached hydrogen (secondary N) is 1. The van der Waals surface area contributed by atoms with Crippen LogP contribution in [0.15, 0.2) is 30.6 Å². The highest BCUT2D eigenvalue weighted by Gasteiger charge is 2.09. The smallest absolute Gasteiger partial charge is 0.237 e. The van der Waals surface area contributed by atoms with Crippen LogP contribution in [0.1, 0.15) is 32.0 Å². The molecular weight excluding hydrogens is 269 g/mol. The molecule has 112 valence electrons. The highest BCUT2D eigenvalue weighted by atomic mass is 19.1. The van der Waals surface area contributed by atoms with E-state index in [0.29, 0.717) is 23.7 Å². The number of nitrogens with zero attached hydrogens (tertiary/aromatic N) is 2. The Labute approximate surface area is 124 Å². The number of benzene rings is 1. The summed E-state index contributed by atoms with van der Waals surface area (Å²) in [5.74, 6) is 0.682. The van der Waals surface area contributed by atoms with Crippen LogP contribution in [0.4, 0.5) is 4.39 Å². The van der Waals surface area contributed by atoms with E-state index in [9.17, 15) is 4.39 Å². The van der Waals surface area contributed by atoms with E-state index in [-0.39, 0.29) is 11.4 Å². The van der Waals surface area contributed by atoms with Gasteiger partial charge in [0.2, 0.25) is 5.88 Å². The minimum absolute atomic E-state index is 0.0302. The van der Waals surface area contributed by atoms with E-state index >= 15 is 0 Å². The number of ether oxygens (including phenoxy) is 1. The summed E-state index contributed by atoms with van der Waals surface area (Å²) in [4.78, 5) is 8.50. The van der Waals surface area contributed by atoms with Crippen molar-refractivity contribution in [1.82, 2.24) is 15.3 Å². The molecule has 1 aromatic heterocycles. The number of aryl methyl sites for hydroxylation is 1. The minimum atomic E-state index is -0.253. The molecule has 0 saturated heterocycles. The number of aromatic nitrogens is 2. The summed E-state index contributed by atoms with van der Waals surface area (Å²) < 4.78 is 18.7. The summed E-state index contributed by atoms with van der Waals surface area (Å²) in [6.07, 6.45) is 3.24. The molecule has 0 unspecified atom stereocenters. The number of halogens is 1. The van der Waals surface area contributed by atoms with Gasteiger partial charge in [0.25, 0.3) is 0 Å². The third-order valence-corrected chi connectivity index (χ3v) is 2.83.